The van der Waals surface area contributed by atoms with Gasteiger partial charge in [0.2, 0.25) is 11.8 Å². The minimum Gasteiger partial charge on any atom is -0.354 e. The largest absolute Gasteiger partial charge is 0.354 e. The first-order valence-electron chi connectivity index (χ1n) is 9.17. The van der Waals surface area contributed by atoms with Crippen LogP contribution in [0.25, 0.3) is 0 Å². The van der Waals surface area contributed by atoms with Crippen molar-refractivity contribution in [2.45, 2.75) is 45.1 Å². The van der Waals surface area contributed by atoms with Gasteiger partial charge in [0.25, 0.3) is 0 Å². The molecule has 2 amide bonds. The van der Waals surface area contributed by atoms with Gasteiger partial charge in [-0.15, -0.1) is 0 Å². The molecule has 1 aromatic rings. The van der Waals surface area contributed by atoms with E-state index in [-0.39, 0.29) is 18.4 Å². The number of nitrogens with one attached hydrogen (secondary N) is 2. The zero-order valence-corrected chi connectivity index (χ0v) is 15.6. The number of hydrogen-bond donors (Lipinski definition) is 2. The molecule has 0 radical (unpaired) electrons. The van der Waals surface area contributed by atoms with Crippen molar-refractivity contribution < 1.29 is 14.0 Å². The average Bonchev–Trinajstić information content (AvgIpc) is 2.61. The van der Waals surface area contributed by atoms with Crippen molar-refractivity contribution in [2.75, 3.05) is 25.5 Å². The van der Waals surface area contributed by atoms with Gasteiger partial charge in [-0.05, 0) is 64.3 Å². The van der Waals surface area contributed by atoms with Crippen molar-refractivity contribution in [1.29, 1.82) is 0 Å². The second-order valence-electron chi connectivity index (χ2n) is 6.80. The molecule has 26 heavy (non-hydrogen) atoms. The van der Waals surface area contributed by atoms with Gasteiger partial charge in [-0.2, -0.15) is 0 Å². The molecule has 0 fully saturated rings. The minimum absolute atomic E-state index is 0.0518. The molecule has 0 spiro atoms. The van der Waals surface area contributed by atoms with Gasteiger partial charge in [-0.25, -0.2) is 4.39 Å². The average molecular weight is 361 g/mol. The van der Waals surface area contributed by atoms with Crippen molar-refractivity contribution in [1.82, 2.24) is 10.2 Å². The maximum Gasteiger partial charge on any atom is 0.238 e. The highest BCUT2D eigenvalue weighted by Gasteiger charge is 2.20. The van der Waals surface area contributed by atoms with Gasteiger partial charge in [0.1, 0.15) is 5.82 Å². The van der Waals surface area contributed by atoms with Gasteiger partial charge < -0.3 is 10.6 Å². The molecule has 1 aliphatic rings. The predicted molar refractivity (Wildman–Crippen MR) is 101 cm³/mol. The highest BCUT2D eigenvalue weighted by Crippen LogP contribution is 2.19. The molecule has 1 aromatic carbocycles. The Hall–Kier alpha value is -2.21. The molecule has 1 aliphatic carbocycles. The fourth-order valence-electron chi connectivity index (χ4n) is 2.96. The lowest BCUT2D eigenvalue weighted by molar-refractivity contribution is -0.126. The molecule has 2 N–H and O–H groups in total. The number of carbonyl (C=O) groups excluding carboxylic acids is 2. The predicted octanol–water partition coefficient (Wildman–Crippen LogP) is 3.09. The Morgan fingerprint density at radius 3 is 2.81 bits per heavy atom. The Kier molecular flexibility index (Phi) is 7.78. The van der Waals surface area contributed by atoms with Gasteiger partial charge in [-0.3, -0.25) is 14.5 Å². The number of carbonyl (C=O) groups is 2. The van der Waals surface area contributed by atoms with Gasteiger partial charge in [0.05, 0.1) is 12.6 Å². The second kappa shape index (κ2) is 10.1. The number of halogens is 1. The molecule has 0 heterocycles. The van der Waals surface area contributed by atoms with E-state index in [9.17, 15) is 14.0 Å². The molecule has 0 saturated carbocycles. The van der Waals surface area contributed by atoms with Gasteiger partial charge in [-0.1, -0.05) is 17.7 Å². The summed E-state index contributed by atoms with van der Waals surface area (Å²) in [5.74, 6) is -0.787. The van der Waals surface area contributed by atoms with E-state index < -0.39 is 11.9 Å². The molecule has 2 rings (SSSR count). The molecule has 0 bridgehead atoms. The van der Waals surface area contributed by atoms with Gasteiger partial charge in [0, 0.05) is 12.2 Å². The first kappa shape index (κ1) is 20.1. The van der Waals surface area contributed by atoms with Crippen LogP contribution in [0.4, 0.5) is 10.1 Å². The zero-order valence-electron chi connectivity index (χ0n) is 15.6. The quantitative estimate of drug-likeness (QED) is 0.700. The third-order valence-corrected chi connectivity index (χ3v) is 4.67. The van der Waals surface area contributed by atoms with E-state index in [4.69, 9.17) is 0 Å². The third kappa shape index (κ3) is 6.59. The van der Waals surface area contributed by atoms with E-state index in [1.54, 1.807) is 24.9 Å². The molecular formula is C20H28FN3O2. The molecule has 5 nitrogen and oxygen atoms in total. The molecule has 1 atom stereocenters. The van der Waals surface area contributed by atoms with Crippen LogP contribution in [-0.2, 0) is 9.59 Å². The van der Waals surface area contributed by atoms with Crippen LogP contribution in [0.2, 0.25) is 0 Å². The number of likely N-dealkylation sites (N-methyl/N-ethyl adjacent to an activating group) is 1. The normalized spacial score (nSPS) is 15.3. The first-order valence-corrected chi connectivity index (χ1v) is 9.17. The lowest BCUT2D eigenvalue weighted by Crippen LogP contribution is -2.46. The van der Waals surface area contributed by atoms with E-state index in [2.05, 4.69) is 16.7 Å². The van der Waals surface area contributed by atoms with Crippen LogP contribution in [-0.4, -0.2) is 42.9 Å². The van der Waals surface area contributed by atoms with Crippen LogP contribution < -0.4 is 10.6 Å². The van der Waals surface area contributed by atoms with Gasteiger partial charge in [0.15, 0.2) is 0 Å². The Morgan fingerprint density at radius 1 is 1.31 bits per heavy atom. The summed E-state index contributed by atoms with van der Waals surface area (Å²) < 4.78 is 13.1. The topological polar surface area (TPSA) is 61.4 Å². The first-order chi connectivity index (χ1) is 12.5. The van der Waals surface area contributed by atoms with E-state index in [1.807, 2.05) is 0 Å². The number of nitrogens with zero attached hydrogens (tertiary/aromatic N) is 1. The maximum absolute atomic E-state index is 13.1. The number of allylic oxidation sites excluding steroid dienone is 1. The number of hydrogen-bond acceptors (Lipinski definition) is 3. The van der Waals surface area contributed by atoms with Crippen LogP contribution in [0.3, 0.4) is 0 Å². The highest BCUT2D eigenvalue weighted by atomic mass is 19.1. The summed E-state index contributed by atoms with van der Waals surface area (Å²) in [6.07, 6.45) is 7.94. The standard InChI is InChI=1S/C20H28FN3O2/c1-15(20(26)22-12-11-16-7-4-3-5-8-16)24(2)14-19(25)23-18-10-6-9-17(21)13-18/h6-7,9-10,13,15H,3-5,8,11-12,14H2,1-2H3,(H,22,26)(H,23,25)/t15-/m0/s1. The van der Waals surface area contributed by atoms with Crippen molar-refractivity contribution in [3.8, 4) is 0 Å². The fourth-order valence-corrected chi connectivity index (χ4v) is 2.96. The van der Waals surface area contributed by atoms with Crippen LogP contribution in [0, 0.1) is 5.82 Å². The Balaban J connectivity index is 1.72. The molecule has 6 heteroatoms. The summed E-state index contributed by atoms with van der Waals surface area (Å²) in [6, 6.07) is 5.31. The summed E-state index contributed by atoms with van der Waals surface area (Å²) in [5.41, 5.74) is 1.83. The van der Waals surface area contributed by atoms with Crippen molar-refractivity contribution in [3.63, 3.8) is 0 Å². The number of benzene rings is 1. The van der Waals surface area contributed by atoms with Crippen molar-refractivity contribution in [2.24, 2.45) is 0 Å². The van der Waals surface area contributed by atoms with Crippen LogP contribution in [0.1, 0.15) is 39.0 Å². The molecule has 0 aromatic heterocycles. The van der Waals surface area contributed by atoms with Crippen molar-refractivity contribution >= 4 is 17.5 Å². The highest BCUT2D eigenvalue weighted by molar-refractivity contribution is 5.92. The fraction of sp³-hybridized carbons (Fsp3) is 0.500. The molecule has 0 aliphatic heterocycles. The van der Waals surface area contributed by atoms with Crippen LogP contribution in [0.15, 0.2) is 35.9 Å². The lowest BCUT2D eigenvalue weighted by atomic mass is 9.97. The van der Waals surface area contributed by atoms with Gasteiger partial charge >= 0.3 is 0 Å². The van der Waals surface area contributed by atoms with E-state index in [0.29, 0.717) is 12.2 Å². The summed E-state index contributed by atoms with van der Waals surface area (Å²) in [4.78, 5) is 26.0. The summed E-state index contributed by atoms with van der Waals surface area (Å²) in [7, 11) is 1.72. The SMILES string of the molecule is C[C@@H](C(=O)NCCC1=CCCCC1)N(C)CC(=O)Nc1cccc(F)c1. The molecule has 0 saturated heterocycles. The number of rotatable bonds is 8. The lowest BCUT2D eigenvalue weighted by Gasteiger charge is -2.23. The Morgan fingerprint density at radius 2 is 2.12 bits per heavy atom. The summed E-state index contributed by atoms with van der Waals surface area (Å²) in [6.45, 7) is 2.44. The van der Waals surface area contributed by atoms with Crippen molar-refractivity contribution in [3.05, 3.63) is 41.7 Å². The maximum atomic E-state index is 13.1. The zero-order chi connectivity index (χ0) is 18.9. The van der Waals surface area contributed by atoms with E-state index >= 15 is 0 Å². The molecule has 0 unspecified atom stereocenters. The summed E-state index contributed by atoms with van der Waals surface area (Å²) >= 11 is 0. The summed E-state index contributed by atoms with van der Waals surface area (Å²) in [5, 5.41) is 5.57. The smallest absolute Gasteiger partial charge is 0.238 e. The third-order valence-electron chi connectivity index (χ3n) is 4.67. The Bertz CT molecular complexity index is 660. The second-order valence-corrected chi connectivity index (χ2v) is 6.80. The van der Waals surface area contributed by atoms with E-state index in [0.717, 1.165) is 19.3 Å². The monoisotopic (exact) mass is 361 g/mol. The number of amides is 2. The van der Waals surface area contributed by atoms with Crippen LogP contribution in [0.5, 0.6) is 0 Å². The molecular weight excluding hydrogens is 333 g/mol. The number of anilines is 1. The molecule has 142 valence electrons. The van der Waals surface area contributed by atoms with Crippen LogP contribution >= 0.6 is 0 Å². The Labute approximate surface area is 154 Å². The minimum atomic E-state index is -0.423. The van der Waals surface area contributed by atoms with E-state index in [1.165, 1.54) is 36.6 Å².